The van der Waals surface area contributed by atoms with Gasteiger partial charge in [-0.1, -0.05) is 25.8 Å². The van der Waals surface area contributed by atoms with Gasteiger partial charge < -0.3 is 10.6 Å². The number of rotatable bonds is 4. The molecule has 0 radical (unpaired) electrons. The molecule has 1 aromatic rings. The van der Waals surface area contributed by atoms with E-state index in [9.17, 15) is 0 Å². The second kappa shape index (κ2) is 7.46. The van der Waals surface area contributed by atoms with Gasteiger partial charge in [-0.15, -0.1) is 0 Å². The quantitative estimate of drug-likeness (QED) is 0.847. The van der Waals surface area contributed by atoms with Crippen molar-refractivity contribution in [3.05, 3.63) is 28.2 Å². The Morgan fingerprint density at radius 1 is 1.35 bits per heavy atom. The predicted molar refractivity (Wildman–Crippen MR) is 91.2 cm³/mol. The summed E-state index contributed by atoms with van der Waals surface area (Å²) in [6.45, 7) is 6.69. The van der Waals surface area contributed by atoms with Gasteiger partial charge in [0, 0.05) is 23.6 Å². The van der Waals surface area contributed by atoms with E-state index in [0.717, 1.165) is 5.92 Å². The molecule has 0 amide bonds. The maximum Gasteiger partial charge on any atom is 0.0510 e. The molecule has 1 unspecified atom stereocenters. The van der Waals surface area contributed by atoms with Gasteiger partial charge in [-0.3, -0.25) is 0 Å². The van der Waals surface area contributed by atoms with Gasteiger partial charge in [0.15, 0.2) is 0 Å². The van der Waals surface area contributed by atoms with E-state index in [0.29, 0.717) is 0 Å². The molecule has 0 saturated carbocycles. The third kappa shape index (κ3) is 3.98. The molecule has 0 bridgehead atoms. The molecule has 1 aliphatic rings. The van der Waals surface area contributed by atoms with Crippen molar-refractivity contribution in [3.8, 4) is 0 Å². The molecule has 1 saturated heterocycles. The summed E-state index contributed by atoms with van der Waals surface area (Å²) in [5, 5.41) is 0. The summed E-state index contributed by atoms with van der Waals surface area (Å²) < 4.78 is 1.18. The van der Waals surface area contributed by atoms with Crippen LogP contribution in [0.3, 0.4) is 0 Å². The van der Waals surface area contributed by atoms with Crippen molar-refractivity contribution >= 4 is 21.6 Å². The lowest BCUT2D eigenvalue weighted by molar-refractivity contribution is 0.435. The second-order valence-electron chi connectivity index (χ2n) is 6.07. The molecule has 2 N–H and O–H groups in total. The minimum Gasteiger partial charge on any atom is -0.371 e. The molecule has 20 heavy (non-hydrogen) atoms. The van der Waals surface area contributed by atoms with Gasteiger partial charge in [0.2, 0.25) is 0 Å². The van der Waals surface area contributed by atoms with Gasteiger partial charge in [0.25, 0.3) is 0 Å². The van der Waals surface area contributed by atoms with Crippen molar-refractivity contribution in [3.63, 3.8) is 0 Å². The molecule has 2 nitrogen and oxygen atoms in total. The van der Waals surface area contributed by atoms with E-state index in [1.807, 2.05) is 6.92 Å². The molecule has 1 aromatic carbocycles. The van der Waals surface area contributed by atoms with E-state index in [-0.39, 0.29) is 6.04 Å². The Morgan fingerprint density at radius 3 is 2.80 bits per heavy atom. The number of hydrogen-bond donors (Lipinski definition) is 1. The summed E-state index contributed by atoms with van der Waals surface area (Å²) in [5.41, 5.74) is 8.47. The average molecular weight is 339 g/mol. The zero-order valence-electron chi connectivity index (χ0n) is 12.7. The summed E-state index contributed by atoms with van der Waals surface area (Å²) in [7, 11) is 0. The topological polar surface area (TPSA) is 29.3 Å². The van der Waals surface area contributed by atoms with Crippen LogP contribution < -0.4 is 10.6 Å². The van der Waals surface area contributed by atoms with Gasteiger partial charge in [0.05, 0.1) is 5.69 Å². The Morgan fingerprint density at radius 2 is 2.15 bits per heavy atom. The molecular weight excluding hydrogens is 312 g/mol. The number of benzene rings is 1. The number of nitrogens with zero attached hydrogens (tertiary/aromatic N) is 1. The molecule has 0 aliphatic carbocycles. The van der Waals surface area contributed by atoms with Crippen LogP contribution in [0.5, 0.6) is 0 Å². The van der Waals surface area contributed by atoms with Crippen LogP contribution in [-0.4, -0.2) is 13.1 Å². The minimum atomic E-state index is 0.0958. The Labute approximate surface area is 131 Å². The highest BCUT2D eigenvalue weighted by Crippen LogP contribution is 2.32. The lowest BCUT2D eigenvalue weighted by atomic mass is 9.96. The molecule has 3 heteroatoms. The average Bonchev–Trinajstić information content (AvgIpc) is 2.65. The first-order chi connectivity index (χ1) is 9.61. The zero-order valence-corrected chi connectivity index (χ0v) is 14.3. The summed E-state index contributed by atoms with van der Waals surface area (Å²) in [4.78, 5) is 2.53. The Hall–Kier alpha value is -0.540. The highest BCUT2D eigenvalue weighted by molar-refractivity contribution is 9.10. The van der Waals surface area contributed by atoms with Gasteiger partial charge in [-0.05, 0) is 65.7 Å². The molecule has 0 aromatic heterocycles. The maximum absolute atomic E-state index is 5.95. The van der Waals surface area contributed by atoms with E-state index in [1.165, 1.54) is 60.9 Å². The van der Waals surface area contributed by atoms with Crippen LogP contribution in [0.1, 0.15) is 57.6 Å². The van der Waals surface area contributed by atoms with Crippen molar-refractivity contribution < 1.29 is 0 Å². The Kier molecular flexibility index (Phi) is 5.91. The first-order valence-corrected chi connectivity index (χ1v) is 8.71. The van der Waals surface area contributed by atoms with Crippen LogP contribution in [0.15, 0.2) is 22.7 Å². The molecule has 1 fully saturated rings. The minimum absolute atomic E-state index is 0.0958. The van der Waals surface area contributed by atoms with E-state index in [2.05, 4.69) is 46.0 Å². The fourth-order valence-corrected chi connectivity index (χ4v) is 3.81. The zero-order chi connectivity index (χ0) is 14.5. The molecular formula is C17H27BrN2. The highest BCUT2D eigenvalue weighted by Gasteiger charge is 2.18. The summed E-state index contributed by atoms with van der Waals surface area (Å²) >= 11 is 3.73. The van der Waals surface area contributed by atoms with Crippen molar-refractivity contribution in [1.29, 1.82) is 0 Å². The van der Waals surface area contributed by atoms with Gasteiger partial charge in [-0.25, -0.2) is 0 Å². The van der Waals surface area contributed by atoms with Crippen LogP contribution in [0.2, 0.25) is 0 Å². The van der Waals surface area contributed by atoms with E-state index in [1.54, 1.807) is 0 Å². The monoisotopic (exact) mass is 338 g/mol. The number of anilines is 1. The maximum atomic E-state index is 5.95. The van der Waals surface area contributed by atoms with E-state index >= 15 is 0 Å². The largest absolute Gasteiger partial charge is 0.371 e. The van der Waals surface area contributed by atoms with Crippen LogP contribution in [0, 0.1) is 5.92 Å². The Bertz CT molecular complexity index is 431. The normalized spacial score (nSPS) is 21.6. The van der Waals surface area contributed by atoms with E-state index in [4.69, 9.17) is 5.73 Å². The first-order valence-electron chi connectivity index (χ1n) is 7.91. The molecule has 1 aliphatic heterocycles. The van der Waals surface area contributed by atoms with Crippen LogP contribution in [0.4, 0.5) is 5.69 Å². The molecule has 2 rings (SSSR count). The number of hydrogen-bond acceptors (Lipinski definition) is 2. The molecule has 1 heterocycles. The summed E-state index contributed by atoms with van der Waals surface area (Å²) in [6, 6.07) is 6.66. The third-order valence-corrected chi connectivity index (χ3v) is 5.02. The van der Waals surface area contributed by atoms with E-state index < -0.39 is 0 Å². The number of halogens is 1. The number of nitrogens with two attached hydrogens (primary N) is 1. The van der Waals surface area contributed by atoms with Crippen molar-refractivity contribution in [2.24, 2.45) is 11.7 Å². The molecule has 0 spiro atoms. The Balaban J connectivity index is 2.07. The lowest BCUT2D eigenvalue weighted by Crippen LogP contribution is -2.24. The van der Waals surface area contributed by atoms with Crippen LogP contribution in [0.25, 0.3) is 0 Å². The molecule has 2 atom stereocenters. The van der Waals surface area contributed by atoms with Gasteiger partial charge in [-0.2, -0.15) is 0 Å². The predicted octanol–water partition coefficient (Wildman–Crippen LogP) is 4.88. The fraction of sp³-hybridized carbons (Fsp3) is 0.647. The lowest BCUT2D eigenvalue weighted by Gasteiger charge is -2.25. The fourth-order valence-electron chi connectivity index (χ4n) is 3.17. The van der Waals surface area contributed by atoms with Crippen molar-refractivity contribution in [2.45, 2.75) is 52.0 Å². The smallest absolute Gasteiger partial charge is 0.0510 e. The third-order valence-electron chi connectivity index (χ3n) is 4.38. The van der Waals surface area contributed by atoms with Crippen LogP contribution in [-0.2, 0) is 0 Å². The second-order valence-corrected chi connectivity index (χ2v) is 6.93. The standard InChI is InChI=1S/C17H27BrN2/c1-3-5-14-6-4-10-20(11-9-14)17-8-7-15(13(2)19)12-16(17)18/h7-8,12-14H,3-6,9-11,19H2,1-2H3/t13-,14?/m0/s1. The van der Waals surface area contributed by atoms with Crippen molar-refractivity contribution in [2.75, 3.05) is 18.0 Å². The van der Waals surface area contributed by atoms with Crippen molar-refractivity contribution in [1.82, 2.24) is 0 Å². The van der Waals surface area contributed by atoms with Crippen LogP contribution >= 0.6 is 15.9 Å². The first kappa shape index (κ1) is 15.8. The van der Waals surface area contributed by atoms with Gasteiger partial charge in [0.1, 0.15) is 0 Å². The SMILES string of the molecule is CCCC1CCCN(c2ccc([C@H](C)N)cc2Br)CC1. The summed E-state index contributed by atoms with van der Waals surface area (Å²) in [6.07, 6.45) is 6.73. The molecule has 112 valence electrons. The summed E-state index contributed by atoms with van der Waals surface area (Å²) in [5.74, 6) is 0.923. The highest BCUT2D eigenvalue weighted by atomic mass is 79.9. The van der Waals surface area contributed by atoms with Gasteiger partial charge >= 0.3 is 0 Å².